The van der Waals surface area contributed by atoms with Gasteiger partial charge in [0.05, 0.1) is 24.2 Å². The van der Waals surface area contributed by atoms with E-state index in [1.165, 1.54) is 11.8 Å². The molecule has 2 heterocycles. The first-order valence-electron chi connectivity index (χ1n) is 9.55. The highest BCUT2D eigenvalue weighted by molar-refractivity contribution is 5.86. The number of aromatic carboxylic acids is 1. The van der Waals surface area contributed by atoms with E-state index in [2.05, 4.69) is 43.2 Å². The van der Waals surface area contributed by atoms with Crippen molar-refractivity contribution in [1.29, 1.82) is 0 Å². The molecular formula is C21H27N3O3. The molecule has 1 aromatic heterocycles. The molecule has 1 N–H and O–H groups in total. The number of aromatic nitrogens is 2. The average molecular weight is 369 g/mol. The summed E-state index contributed by atoms with van der Waals surface area (Å²) in [6, 6.07) is 8.50. The molecule has 0 spiro atoms. The van der Waals surface area contributed by atoms with Crippen LogP contribution in [0.4, 0.5) is 0 Å². The molecular weight excluding hydrogens is 342 g/mol. The molecule has 1 aliphatic rings. The molecule has 0 saturated carbocycles. The van der Waals surface area contributed by atoms with Crippen molar-refractivity contribution in [3.63, 3.8) is 0 Å². The average Bonchev–Trinajstić information content (AvgIpc) is 3.13. The molecule has 1 aliphatic heterocycles. The topological polar surface area (TPSA) is 75.4 Å². The number of nitrogens with zero attached hydrogens (tertiary/aromatic N) is 3. The van der Waals surface area contributed by atoms with Crippen LogP contribution in [-0.2, 0) is 17.6 Å². The second-order valence-electron chi connectivity index (χ2n) is 7.72. The number of rotatable bonds is 6. The van der Waals surface area contributed by atoms with Crippen LogP contribution < -0.4 is 0 Å². The molecule has 2 aromatic rings. The summed E-state index contributed by atoms with van der Waals surface area (Å²) in [6.07, 6.45) is 6.02. The van der Waals surface area contributed by atoms with Gasteiger partial charge in [-0.25, -0.2) is 4.79 Å². The summed E-state index contributed by atoms with van der Waals surface area (Å²) in [4.78, 5) is 25.5. The van der Waals surface area contributed by atoms with Gasteiger partial charge in [0.15, 0.2) is 0 Å². The minimum atomic E-state index is -0.965. The molecule has 0 radical (unpaired) electrons. The zero-order chi connectivity index (χ0) is 19.4. The fourth-order valence-corrected chi connectivity index (χ4v) is 3.58. The van der Waals surface area contributed by atoms with E-state index in [0.717, 1.165) is 24.8 Å². The maximum absolute atomic E-state index is 12.6. The first-order chi connectivity index (χ1) is 12.9. The van der Waals surface area contributed by atoms with Gasteiger partial charge >= 0.3 is 5.97 Å². The van der Waals surface area contributed by atoms with Crippen molar-refractivity contribution in [2.45, 2.75) is 45.6 Å². The molecule has 1 aromatic carbocycles. The molecule has 1 amide bonds. The van der Waals surface area contributed by atoms with Crippen LogP contribution in [0.3, 0.4) is 0 Å². The van der Waals surface area contributed by atoms with Gasteiger partial charge in [0.25, 0.3) is 0 Å². The van der Waals surface area contributed by atoms with Crippen LogP contribution in [0.25, 0.3) is 0 Å². The minimum Gasteiger partial charge on any atom is -0.478 e. The molecule has 0 unspecified atom stereocenters. The summed E-state index contributed by atoms with van der Waals surface area (Å²) in [5.41, 5.74) is 2.56. The van der Waals surface area contributed by atoms with Crippen LogP contribution in [-0.4, -0.2) is 44.8 Å². The molecule has 3 rings (SSSR count). The van der Waals surface area contributed by atoms with Gasteiger partial charge < -0.3 is 10.0 Å². The second kappa shape index (κ2) is 8.37. The first kappa shape index (κ1) is 19.1. The van der Waals surface area contributed by atoms with E-state index in [0.29, 0.717) is 25.4 Å². The number of hydrogen-bond donors (Lipinski definition) is 1. The maximum Gasteiger partial charge on any atom is 0.338 e. The molecule has 1 saturated heterocycles. The van der Waals surface area contributed by atoms with E-state index in [1.54, 1.807) is 10.9 Å². The van der Waals surface area contributed by atoms with Gasteiger partial charge in [0.2, 0.25) is 5.91 Å². The predicted octanol–water partition coefficient (Wildman–Crippen LogP) is 3.19. The normalized spacial score (nSPS) is 15.3. The Labute approximate surface area is 159 Å². The van der Waals surface area contributed by atoms with E-state index >= 15 is 0 Å². The summed E-state index contributed by atoms with van der Waals surface area (Å²) in [5.74, 6) is -0.190. The van der Waals surface area contributed by atoms with Crippen LogP contribution in [0, 0.1) is 5.92 Å². The largest absolute Gasteiger partial charge is 0.478 e. The Morgan fingerprint density at radius 3 is 2.33 bits per heavy atom. The van der Waals surface area contributed by atoms with Crippen molar-refractivity contribution in [2.75, 3.05) is 13.1 Å². The van der Waals surface area contributed by atoms with Gasteiger partial charge in [0.1, 0.15) is 0 Å². The van der Waals surface area contributed by atoms with Gasteiger partial charge in [-0.1, -0.05) is 38.1 Å². The van der Waals surface area contributed by atoms with Gasteiger partial charge in [0, 0.05) is 19.3 Å². The lowest BCUT2D eigenvalue weighted by Gasteiger charge is -2.32. The van der Waals surface area contributed by atoms with Crippen molar-refractivity contribution in [2.24, 2.45) is 5.92 Å². The van der Waals surface area contributed by atoms with E-state index in [1.807, 2.05) is 4.90 Å². The maximum atomic E-state index is 12.6. The minimum absolute atomic E-state index is 0.150. The lowest BCUT2D eigenvalue weighted by Crippen LogP contribution is -2.40. The fourth-order valence-electron chi connectivity index (χ4n) is 3.58. The number of hydrogen-bond acceptors (Lipinski definition) is 3. The lowest BCUT2D eigenvalue weighted by atomic mass is 10.0. The monoisotopic (exact) mass is 369 g/mol. The van der Waals surface area contributed by atoms with E-state index in [-0.39, 0.29) is 17.5 Å². The van der Waals surface area contributed by atoms with Crippen LogP contribution in [0.2, 0.25) is 0 Å². The molecule has 27 heavy (non-hydrogen) atoms. The zero-order valence-electron chi connectivity index (χ0n) is 16.0. The summed E-state index contributed by atoms with van der Waals surface area (Å²) < 4.78 is 1.72. The van der Waals surface area contributed by atoms with Crippen molar-refractivity contribution in [1.82, 2.24) is 14.7 Å². The standard InChI is InChI=1S/C21H27N3O3/c1-15(2)11-16-3-5-17(6-4-16)12-20(25)23-9-7-19(8-10-23)24-14-18(13-22-24)21(26)27/h3-6,13-15,19H,7-12H2,1-2H3,(H,26,27). The third-order valence-corrected chi connectivity index (χ3v) is 5.06. The molecule has 0 aliphatic carbocycles. The van der Waals surface area contributed by atoms with Crippen LogP contribution >= 0.6 is 0 Å². The van der Waals surface area contributed by atoms with E-state index < -0.39 is 5.97 Å². The SMILES string of the molecule is CC(C)Cc1ccc(CC(=O)N2CCC(n3cc(C(=O)O)cn3)CC2)cc1. The Morgan fingerprint density at radius 2 is 1.78 bits per heavy atom. The number of likely N-dealkylation sites (tertiary alicyclic amines) is 1. The quantitative estimate of drug-likeness (QED) is 0.848. The van der Waals surface area contributed by atoms with Crippen molar-refractivity contribution in [3.8, 4) is 0 Å². The first-order valence-corrected chi connectivity index (χ1v) is 9.55. The highest BCUT2D eigenvalue weighted by Crippen LogP contribution is 2.23. The lowest BCUT2D eigenvalue weighted by molar-refractivity contribution is -0.131. The molecule has 0 bridgehead atoms. The van der Waals surface area contributed by atoms with Gasteiger partial charge in [-0.2, -0.15) is 5.10 Å². The van der Waals surface area contributed by atoms with E-state index in [4.69, 9.17) is 5.11 Å². The summed E-state index contributed by atoms with van der Waals surface area (Å²) in [6.45, 7) is 5.76. The number of carbonyl (C=O) groups excluding carboxylic acids is 1. The number of benzene rings is 1. The summed E-state index contributed by atoms with van der Waals surface area (Å²) >= 11 is 0. The van der Waals surface area contributed by atoms with Crippen molar-refractivity contribution in [3.05, 3.63) is 53.3 Å². The second-order valence-corrected chi connectivity index (χ2v) is 7.72. The van der Waals surface area contributed by atoms with Crippen molar-refractivity contribution >= 4 is 11.9 Å². The Kier molecular flexibility index (Phi) is 5.94. The fraction of sp³-hybridized carbons (Fsp3) is 0.476. The highest BCUT2D eigenvalue weighted by atomic mass is 16.4. The number of carboxylic acids is 1. The van der Waals surface area contributed by atoms with Gasteiger partial charge in [-0.15, -0.1) is 0 Å². The molecule has 144 valence electrons. The van der Waals surface area contributed by atoms with Crippen molar-refractivity contribution < 1.29 is 14.7 Å². The Hall–Kier alpha value is -2.63. The number of carbonyl (C=O) groups is 2. The molecule has 6 nitrogen and oxygen atoms in total. The molecule has 0 atom stereocenters. The molecule has 1 fully saturated rings. The third-order valence-electron chi connectivity index (χ3n) is 5.06. The zero-order valence-corrected chi connectivity index (χ0v) is 16.0. The summed E-state index contributed by atoms with van der Waals surface area (Å²) in [7, 11) is 0. The molecule has 6 heteroatoms. The van der Waals surface area contributed by atoms with E-state index in [9.17, 15) is 9.59 Å². The Bertz CT molecular complexity index is 787. The highest BCUT2D eigenvalue weighted by Gasteiger charge is 2.24. The predicted molar refractivity (Wildman–Crippen MR) is 103 cm³/mol. The number of carboxylic acid groups (broad SMARTS) is 1. The number of amides is 1. The Morgan fingerprint density at radius 1 is 1.15 bits per heavy atom. The smallest absolute Gasteiger partial charge is 0.338 e. The Balaban J connectivity index is 1.51. The third kappa shape index (κ3) is 4.96. The van der Waals surface area contributed by atoms with Gasteiger partial charge in [-0.05, 0) is 36.3 Å². The van der Waals surface area contributed by atoms with Crippen LogP contribution in [0.1, 0.15) is 54.2 Å². The van der Waals surface area contributed by atoms with Crippen LogP contribution in [0.5, 0.6) is 0 Å². The number of piperidine rings is 1. The summed E-state index contributed by atoms with van der Waals surface area (Å²) in [5, 5.41) is 13.2. The van der Waals surface area contributed by atoms with Gasteiger partial charge in [-0.3, -0.25) is 9.48 Å². The van der Waals surface area contributed by atoms with Crippen LogP contribution in [0.15, 0.2) is 36.7 Å².